The molecule has 2 unspecified atom stereocenters. The lowest BCUT2D eigenvalue weighted by molar-refractivity contribution is -0.127. The van der Waals surface area contributed by atoms with Gasteiger partial charge in [-0.15, -0.1) is 0 Å². The number of carbonyl (C=O) groups is 1. The Bertz CT molecular complexity index is 216. The summed E-state index contributed by atoms with van der Waals surface area (Å²) in [6.45, 7) is 1.66. The summed E-state index contributed by atoms with van der Waals surface area (Å²) >= 11 is 0. The van der Waals surface area contributed by atoms with Gasteiger partial charge in [-0.2, -0.15) is 0 Å². The summed E-state index contributed by atoms with van der Waals surface area (Å²) in [6.07, 6.45) is 3.52. The molecule has 2 fully saturated rings. The van der Waals surface area contributed by atoms with Crippen molar-refractivity contribution in [1.82, 2.24) is 10.6 Å². The summed E-state index contributed by atoms with van der Waals surface area (Å²) in [6, 6.07) is 0.244. The van der Waals surface area contributed by atoms with Crippen molar-refractivity contribution in [2.45, 2.75) is 31.4 Å². The molecule has 0 bridgehead atoms. The van der Waals surface area contributed by atoms with Gasteiger partial charge in [-0.25, -0.2) is 0 Å². The average molecular weight is 198 g/mol. The van der Waals surface area contributed by atoms with Crippen LogP contribution >= 0.6 is 0 Å². The lowest BCUT2D eigenvalue weighted by Gasteiger charge is -2.28. The standard InChI is InChI=1S/C10H18N2O2/c1-14-9-4-2-3-8(9)12-10(13)7-5-11-6-7/h7-9,11H,2-6H2,1H3,(H,12,13). The maximum Gasteiger partial charge on any atom is 0.225 e. The first-order chi connectivity index (χ1) is 6.81. The van der Waals surface area contributed by atoms with Crippen LogP contribution < -0.4 is 10.6 Å². The van der Waals surface area contributed by atoms with Crippen LogP contribution in [-0.4, -0.2) is 38.3 Å². The van der Waals surface area contributed by atoms with Crippen molar-refractivity contribution in [2.24, 2.45) is 5.92 Å². The SMILES string of the molecule is COC1CCCC1NC(=O)C1CNC1. The highest BCUT2D eigenvalue weighted by molar-refractivity contribution is 5.80. The number of hydrogen-bond donors (Lipinski definition) is 2. The van der Waals surface area contributed by atoms with Crippen molar-refractivity contribution >= 4 is 5.91 Å². The van der Waals surface area contributed by atoms with Gasteiger partial charge in [0, 0.05) is 20.2 Å². The van der Waals surface area contributed by atoms with Crippen molar-refractivity contribution in [3.63, 3.8) is 0 Å². The van der Waals surface area contributed by atoms with Crippen molar-refractivity contribution in [1.29, 1.82) is 0 Å². The van der Waals surface area contributed by atoms with Crippen molar-refractivity contribution < 1.29 is 9.53 Å². The van der Waals surface area contributed by atoms with Gasteiger partial charge in [-0.1, -0.05) is 0 Å². The van der Waals surface area contributed by atoms with E-state index >= 15 is 0 Å². The zero-order valence-corrected chi connectivity index (χ0v) is 8.58. The minimum absolute atomic E-state index is 0.188. The van der Waals surface area contributed by atoms with Crippen LogP contribution in [0.1, 0.15) is 19.3 Å². The Balaban J connectivity index is 1.80. The third-order valence-corrected chi connectivity index (χ3v) is 3.24. The van der Waals surface area contributed by atoms with Crippen LogP contribution in [0.5, 0.6) is 0 Å². The minimum atomic E-state index is 0.188. The van der Waals surface area contributed by atoms with Crippen molar-refractivity contribution in [3.05, 3.63) is 0 Å². The third-order valence-electron chi connectivity index (χ3n) is 3.24. The topological polar surface area (TPSA) is 50.4 Å². The van der Waals surface area contributed by atoms with E-state index < -0.39 is 0 Å². The van der Waals surface area contributed by atoms with Crippen LogP contribution in [0.4, 0.5) is 0 Å². The Hall–Kier alpha value is -0.610. The molecular weight excluding hydrogens is 180 g/mol. The average Bonchev–Trinajstić information content (AvgIpc) is 2.48. The lowest BCUT2D eigenvalue weighted by Crippen LogP contribution is -2.54. The summed E-state index contributed by atoms with van der Waals surface area (Å²) < 4.78 is 5.33. The summed E-state index contributed by atoms with van der Waals surface area (Å²) in [7, 11) is 1.72. The summed E-state index contributed by atoms with van der Waals surface area (Å²) in [5.74, 6) is 0.380. The number of methoxy groups -OCH3 is 1. The Kier molecular flexibility index (Phi) is 3.03. The van der Waals surface area contributed by atoms with Crippen LogP contribution in [0.3, 0.4) is 0 Å². The molecule has 4 heteroatoms. The van der Waals surface area contributed by atoms with Gasteiger partial charge in [-0.05, 0) is 19.3 Å². The maximum absolute atomic E-state index is 11.6. The quantitative estimate of drug-likeness (QED) is 0.665. The van der Waals surface area contributed by atoms with E-state index in [4.69, 9.17) is 4.74 Å². The highest BCUT2D eigenvalue weighted by Crippen LogP contribution is 2.21. The minimum Gasteiger partial charge on any atom is -0.379 e. The highest BCUT2D eigenvalue weighted by Gasteiger charge is 2.32. The lowest BCUT2D eigenvalue weighted by atomic mass is 10.0. The number of amides is 1. The van der Waals surface area contributed by atoms with Gasteiger partial charge < -0.3 is 15.4 Å². The fourth-order valence-electron chi connectivity index (χ4n) is 2.15. The first kappa shape index (κ1) is 9.93. The molecule has 0 aromatic heterocycles. The van der Waals surface area contributed by atoms with Gasteiger partial charge >= 0.3 is 0 Å². The van der Waals surface area contributed by atoms with E-state index in [1.165, 1.54) is 0 Å². The number of ether oxygens (including phenoxy) is 1. The predicted molar refractivity (Wildman–Crippen MR) is 52.9 cm³/mol. The van der Waals surface area contributed by atoms with Gasteiger partial charge in [0.15, 0.2) is 0 Å². The Morgan fingerprint density at radius 3 is 2.79 bits per heavy atom. The molecule has 0 aromatic carbocycles. The first-order valence-electron chi connectivity index (χ1n) is 5.35. The molecule has 1 heterocycles. The van der Waals surface area contributed by atoms with Crippen LogP contribution in [0.15, 0.2) is 0 Å². The van der Waals surface area contributed by atoms with Gasteiger partial charge in [0.1, 0.15) is 0 Å². The molecule has 0 spiro atoms. The molecule has 1 amide bonds. The second-order valence-electron chi connectivity index (χ2n) is 4.18. The van der Waals surface area contributed by atoms with E-state index in [-0.39, 0.29) is 24.0 Å². The molecule has 1 aliphatic carbocycles. The van der Waals surface area contributed by atoms with E-state index in [2.05, 4.69) is 10.6 Å². The second-order valence-corrected chi connectivity index (χ2v) is 4.18. The third kappa shape index (κ3) is 1.91. The molecule has 14 heavy (non-hydrogen) atoms. The zero-order valence-electron chi connectivity index (χ0n) is 8.58. The monoisotopic (exact) mass is 198 g/mol. The normalized spacial score (nSPS) is 32.6. The van der Waals surface area contributed by atoms with Crippen molar-refractivity contribution in [2.75, 3.05) is 20.2 Å². The number of rotatable bonds is 3. The Morgan fingerprint density at radius 1 is 1.43 bits per heavy atom. The number of carbonyl (C=O) groups excluding carboxylic acids is 1. The maximum atomic E-state index is 11.6. The van der Waals surface area contributed by atoms with E-state index in [1.807, 2.05) is 0 Å². The van der Waals surface area contributed by atoms with Gasteiger partial charge in [0.05, 0.1) is 18.1 Å². The van der Waals surface area contributed by atoms with Crippen LogP contribution in [0.25, 0.3) is 0 Å². The largest absolute Gasteiger partial charge is 0.379 e. The molecule has 4 nitrogen and oxygen atoms in total. The molecule has 1 aliphatic heterocycles. The Morgan fingerprint density at radius 2 is 2.21 bits per heavy atom. The summed E-state index contributed by atoms with van der Waals surface area (Å²) in [5, 5.41) is 6.18. The van der Waals surface area contributed by atoms with Crippen LogP contribution in [-0.2, 0) is 9.53 Å². The molecule has 1 saturated heterocycles. The van der Waals surface area contributed by atoms with Gasteiger partial charge in [-0.3, -0.25) is 4.79 Å². The summed E-state index contributed by atoms with van der Waals surface area (Å²) in [4.78, 5) is 11.6. The van der Waals surface area contributed by atoms with Crippen LogP contribution in [0, 0.1) is 5.92 Å². The van der Waals surface area contributed by atoms with E-state index in [9.17, 15) is 4.79 Å². The number of hydrogen-bond acceptors (Lipinski definition) is 3. The zero-order chi connectivity index (χ0) is 9.97. The number of nitrogens with one attached hydrogen (secondary N) is 2. The molecule has 80 valence electrons. The fourth-order valence-corrected chi connectivity index (χ4v) is 2.15. The summed E-state index contributed by atoms with van der Waals surface area (Å²) in [5.41, 5.74) is 0. The van der Waals surface area contributed by atoms with Crippen molar-refractivity contribution in [3.8, 4) is 0 Å². The second kappa shape index (κ2) is 4.28. The molecule has 2 atom stereocenters. The molecule has 2 aliphatic rings. The van der Waals surface area contributed by atoms with Gasteiger partial charge in [0.25, 0.3) is 0 Å². The smallest absolute Gasteiger partial charge is 0.225 e. The molecular formula is C10H18N2O2. The van der Waals surface area contributed by atoms with E-state index in [0.717, 1.165) is 32.4 Å². The van der Waals surface area contributed by atoms with E-state index in [0.29, 0.717) is 0 Å². The predicted octanol–water partition coefficient (Wildman–Crippen LogP) is -0.110. The Labute approximate surface area is 84.4 Å². The molecule has 0 radical (unpaired) electrons. The molecule has 1 saturated carbocycles. The molecule has 2 N–H and O–H groups in total. The van der Waals surface area contributed by atoms with E-state index in [1.54, 1.807) is 7.11 Å². The molecule has 2 rings (SSSR count). The first-order valence-corrected chi connectivity index (χ1v) is 5.35. The van der Waals surface area contributed by atoms with Crippen LogP contribution in [0.2, 0.25) is 0 Å². The fraction of sp³-hybridized carbons (Fsp3) is 0.900. The highest BCUT2D eigenvalue weighted by atomic mass is 16.5. The van der Waals surface area contributed by atoms with Gasteiger partial charge in [0.2, 0.25) is 5.91 Å². The molecule has 0 aromatic rings.